The number of amides is 4. The summed E-state index contributed by atoms with van der Waals surface area (Å²) < 4.78 is 20.7. The Morgan fingerprint density at radius 3 is 2.37 bits per heavy atom. The van der Waals surface area contributed by atoms with Crippen LogP contribution in [0.4, 0.5) is 9.18 Å². The van der Waals surface area contributed by atoms with E-state index in [0.29, 0.717) is 12.1 Å². The Kier molecular flexibility index (Phi) is 11.4. The van der Waals surface area contributed by atoms with Crippen molar-refractivity contribution in [1.82, 2.24) is 29.4 Å². The second-order valence-corrected chi connectivity index (χ2v) is 14.8. The molecule has 13 heteroatoms. The second kappa shape index (κ2) is 14.9. The van der Waals surface area contributed by atoms with Crippen molar-refractivity contribution < 1.29 is 33.4 Å². The number of rotatable bonds is 10. The van der Waals surface area contributed by atoms with E-state index in [1.54, 1.807) is 67.6 Å². The first kappa shape index (κ1) is 37.3. The van der Waals surface area contributed by atoms with E-state index in [9.17, 15) is 28.7 Å². The van der Waals surface area contributed by atoms with E-state index in [4.69, 9.17) is 4.74 Å². The predicted molar refractivity (Wildman–Crippen MR) is 182 cm³/mol. The molecule has 12 nitrogen and oxygen atoms in total. The van der Waals surface area contributed by atoms with Crippen LogP contribution in [0.3, 0.4) is 0 Å². The van der Waals surface area contributed by atoms with Gasteiger partial charge in [-0.3, -0.25) is 19.3 Å². The molecule has 1 aromatic carbocycles. The number of aromatic nitrogens is 2. The van der Waals surface area contributed by atoms with Crippen LogP contribution in [0.1, 0.15) is 70.9 Å². The zero-order valence-electron chi connectivity index (χ0n) is 29.6. The fraction of sp³-hybridized carbons (Fsp3) is 0.528. The van der Waals surface area contributed by atoms with E-state index in [1.165, 1.54) is 29.0 Å². The molecule has 4 amide bonds. The van der Waals surface area contributed by atoms with Gasteiger partial charge in [0.05, 0.1) is 12.1 Å². The number of aliphatic hydroxyl groups is 1. The van der Waals surface area contributed by atoms with Gasteiger partial charge in [0.15, 0.2) is 0 Å². The van der Waals surface area contributed by atoms with Crippen LogP contribution in [0.25, 0.3) is 5.65 Å². The molecule has 0 spiro atoms. The Bertz CT molecular complexity index is 1610. The van der Waals surface area contributed by atoms with Gasteiger partial charge in [0, 0.05) is 39.1 Å². The number of fused-ring (bicyclic) bond motifs is 1. The number of carbonyl (C=O) groups is 4. The van der Waals surface area contributed by atoms with Gasteiger partial charge >= 0.3 is 6.09 Å². The number of likely N-dealkylation sites (N-methyl/N-ethyl adjacent to an activating group) is 1. The third-order valence-corrected chi connectivity index (χ3v) is 8.60. The number of ether oxygens (including phenoxy) is 1. The monoisotopic (exact) mass is 680 g/mol. The molecule has 49 heavy (non-hydrogen) atoms. The first-order valence-corrected chi connectivity index (χ1v) is 16.6. The summed E-state index contributed by atoms with van der Waals surface area (Å²) >= 11 is 0. The number of pyridine rings is 1. The highest BCUT2D eigenvalue weighted by Gasteiger charge is 2.43. The summed E-state index contributed by atoms with van der Waals surface area (Å²) in [5.41, 5.74) is 0.159. The van der Waals surface area contributed by atoms with Crippen LogP contribution in [-0.4, -0.2) is 110 Å². The van der Waals surface area contributed by atoms with Crippen molar-refractivity contribution in [2.24, 2.45) is 5.41 Å². The standard InChI is InChI=1S/C36H49FN6O6/c1-23(40(8)34(48)49-36(5,6)7)31(45)39-30(35(2,3)4)33(47)43-21-27(44)19-26(43)20-42(18-16-24-12-14-25(37)15-13-24)32(46)28-22-41-17-10-9-11-29(41)38-28/h9-15,17,22-23,26-27,30,44H,16,18-21H2,1-8H3,(H,39,45). The Balaban J connectivity index is 1.56. The minimum atomic E-state index is -1.01. The van der Waals surface area contributed by atoms with Gasteiger partial charge in [-0.2, -0.15) is 0 Å². The maximum Gasteiger partial charge on any atom is 0.410 e. The van der Waals surface area contributed by atoms with Gasteiger partial charge in [0.1, 0.15) is 34.8 Å². The van der Waals surface area contributed by atoms with E-state index in [2.05, 4.69) is 10.3 Å². The summed E-state index contributed by atoms with van der Waals surface area (Å²) in [6.07, 6.45) is 2.57. The van der Waals surface area contributed by atoms with Crippen LogP contribution in [0.5, 0.6) is 0 Å². The number of β-amino-alcohol motifs (C(OH)–C–C–N with tert-alkyl or cyclic N) is 1. The molecular weight excluding hydrogens is 631 g/mol. The zero-order valence-corrected chi connectivity index (χ0v) is 29.6. The second-order valence-electron chi connectivity index (χ2n) is 14.8. The third-order valence-electron chi connectivity index (χ3n) is 8.60. The van der Waals surface area contributed by atoms with Crippen molar-refractivity contribution in [1.29, 1.82) is 0 Å². The number of hydrogen-bond donors (Lipinski definition) is 2. The van der Waals surface area contributed by atoms with Gasteiger partial charge in [-0.15, -0.1) is 0 Å². The molecule has 1 fully saturated rings. The van der Waals surface area contributed by atoms with E-state index in [-0.39, 0.29) is 43.5 Å². The summed E-state index contributed by atoms with van der Waals surface area (Å²) in [7, 11) is 1.46. The average Bonchev–Trinajstić information content (AvgIpc) is 3.62. The van der Waals surface area contributed by atoms with Crippen LogP contribution in [-0.2, 0) is 20.7 Å². The molecule has 4 rings (SSSR count). The lowest BCUT2D eigenvalue weighted by Crippen LogP contribution is -2.59. The normalized spacial score (nSPS) is 17.8. The maximum absolute atomic E-state index is 14.3. The fourth-order valence-electron chi connectivity index (χ4n) is 5.73. The van der Waals surface area contributed by atoms with Crippen LogP contribution in [0.15, 0.2) is 54.9 Å². The summed E-state index contributed by atoms with van der Waals surface area (Å²) in [6, 6.07) is 8.98. The molecule has 1 aliphatic heterocycles. The summed E-state index contributed by atoms with van der Waals surface area (Å²) in [5.74, 6) is -1.66. The van der Waals surface area contributed by atoms with Crippen molar-refractivity contribution in [2.45, 2.75) is 91.1 Å². The van der Waals surface area contributed by atoms with Crippen molar-refractivity contribution in [3.8, 4) is 0 Å². The number of nitrogens with zero attached hydrogens (tertiary/aromatic N) is 5. The van der Waals surface area contributed by atoms with Gasteiger partial charge in [-0.25, -0.2) is 14.2 Å². The third kappa shape index (κ3) is 9.56. The van der Waals surface area contributed by atoms with Gasteiger partial charge in [0.25, 0.3) is 5.91 Å². The van der Waals surface area contributed by atoms with Gasteiger partial charge in [0.2, 0.25) is 11.8 Å². The van der Waals surface area contributed by atoms with Crippen molar-refractivity contribution in [2.75, 3.05) is 26.7 Å². The lowest BCUT2D eigenvalue weighted by atomic mass is 9.85. The minimum Gasteiger partial charge on any atom is -0.444 e. The van der Waals surface area contributed by atoms with Crippen molar-refractivity contribution in [3.05, 3.63) is 71.9 Å². The largest absolute Gasteiger partial charge is 0.444 e. The molecule has 2 N–H and O–H groups in total. The molecule has 1 saturated heterocycles. The minimum absolute atomic E-state index is 0.0215. The maximum atomic E-state index is 14.3. The number of likely N-dealkylation sites (tertiary alicyclic amines) is 1. The van der Waals surface area contributed by atoms with E-state index >= 15 is 0 Å². The number of carbonyl (C=O) groups excluding carboxylic acids is 4. The number of aliphatic hydroxyl groups excluding tert-OH is 1. The summed E-state index contributed by atoms with van der Waals surface area (Å²) in [5, 5.41) is 13.7. The molecule has 3 heterocycles. The molecule has 266 valence electrons. The van der Waals surface area contributed by atoms with E-state index in [1.807, 2.05) is 32.9 Å². The smallest absolute Gasteiger partial charge is 0.410 e. The molecule has 1 aliphatic rings. The Morgan fingerprint density at radius 1 is 1.08 bits per heavy atom. The molecular formula is C36H49FN6O6. The zero-order chi connectivity index (χ0) is 36.3. The Morgan fingerprint density at radius 2 is 1.76 bits per heavy atom. The first-order chi connectivity index (χ1) is 22.8. The molecule has 3 aromatic rings. The highest BCUT2D eigenvalue weighted by molar-refractivity contribution is 5.93. The predicted octanol–water partition coefficient (Wildman–Crippen LogP) is 3.91. The molecule has 0 bridgehead atoms. The van der Waals surface area contributed by atoms with Crippen LogP contribution in [0.2, 0.25) is 0 Å². The molecule has 2 aromatic heterocycles. The van der Waals surface area contributed by atoms with E-state index < -0.39 is 53.2 Å². The SMILES string of the molecule is CC(C(=O)NC(C(=O)N1CC(O)CC1CN(CCc1ccc(F)cc1)C(=O)c1cn2ccccc2n1)C(C)(C)C)N(C)C(=O)OC(C)(C)C. The van der Waals surface area contributed by atoms with Gasteiger partial charge in [-0.05, 0) is 75.8 Å². The lowest BCUT2D eigenvalue weighted by Gasteiger charge is -2.38. The van der Waals surface area contributed by atoms with Gasteiger partial charge in [-0.1, -0.05) is 39.0 Å². The highest BCUT2D eigenvalue weighted by Crippen LogP contribution is 2.27. The van der Waals surface area contributed by atoms with Crippen LogP contribution < -0.4 is 5.32 Å². The number of nitrogens with one attached hydrogen (secondary N) is 1. The summed E-state index contributed by atoms with van der Waals surface area (Å²) in [6.45, 7) is 12.6. The Labute approximate surface area is 287 Å². The van der Waals surface area contributed by atoms with Crippen molar-refractivity contribution in [3.63, 3.8) is 0 Å². The molecule has 4 unspecified atom stereocenters. The number of halogens is 1. The van der Waals surface area contributed by atoms with Crippen LogP contribution in [0, 0.1) is 11.2 Å². The highest BCUT2D eigenvalue weighted by atomic mass is 19.1. The molecule has 0 aliphatic carbocycles. The number of benzene rings is 1. The Hall–Kier alpha value is -4.52. The molecule has 0 radical (unpaired) electrons. The summed E-state index contributed by atoms with van der Waals surface area (Å²) in [4.78, 5) is 63.2. The molecule has 4 atom stereocenters. The number of hydrogen-bond acceptors (Lipinski definition) is 7. The van der Waals surface area contributed by atoms with Crippen molar-refractivity contribution >= 4 is 29.5 Å². The quantitative estimate of drug-likeness (QED) is 0.332. The topological polar surface area (TPSA) is 137 Å². The van der Waals surface area contributed by atoms with Crippen LogP contribution >= 0.6 is 0 Å². The lowest BCUT2D eigenvalue weighted by molar-refractivity contribution is -0.141. The average molecular weight is 681 g/mol. The van der Waals surface area contributed by atoms with E-state index in [0.717, 1.165) is 5.56 Å². The number of imidazole rings is 1. The van der Waals surface area contributed by atoms with Gasteiger partial charge < -0.3 is 29.4 Å². The molecule has 0 saturated carbocycles. The fourth-order valence-corrected chi connectivity index (χ4v) is 5.73. The first-order valence-electron chi connectivity index (χ1n) is 16.6.